The maximum atomic E-state index is 12.7. The van der Waals surface area contributed by atoms with E-state index in [0.717, 1.165) is 5.56 Å². The second-order valence-electron chi connectivity index (χ2n) is 5.59. The van der Waals surface area contributed by atoms with Gasteiger partial charge in [-0.25, -0.2) is 0 Å². The average molecular weight is 419 g/mol. The number of carbonyl (C=O) groups excluding carboxylic acids is 3. The zero-order valence-electron chi connectivity index (χ0n) is 14.4. The van der Waals surface area contributed by atoms with E-state index < -0.39 is 11.9 Å². The van der Waals surface area contributed by atoms with E-state index in [9.17, 15) is 14.4 Å². The molecule has 2 aromatic carbocycles. The molecule has 136 valence electrons. The highest BCUT2D eigenvalue weighted by Crippen LogP contribution is 2.24. The monoisotopic (exact) mass is 418 g/mol. The molecule has 2 amide bonds. The minimum Gasteiger partial charge on any atom is -0.426 e. The molecule has 0 heterocycles. The van der Waals surface area contributed by atoms with Crippen molar-refractivity contribution >= 4 is 39.4 Å². The minimum atomic E-state index is -0.535. The van der Waals surface area contributed by atoms with Crippen LogP contribution < -0.4 is 15.4 Å². The molecule has 2 aromatic rings. The number of carbonyl (C=O) groups is 3. The molecule has 0 aromatic heterocycles. The molecular weight excluding hydrogens is 400 g/mol. The first-order valence-electron chi connectivity index (χ1n) is 7.94. The van der Waals surface area contributed by atoms with Crippen molar-refractivity contribution in [2.45, 2.75) is 19.9 Å². The molecule has 0 saturated heterocycles. The summed E-state index contributed by atoms with van der Waals surface area (Å²) in [5.41, 5.74) is 1.54. The summed E-state index contributed by atoms with van der Waals surface area (Å²) in [7, 11) is 0. The van der Waals surface area contributed by atoms with Crippen LogP contribution in [0.4, 0.5) is 5.69 Å². The van der Waals surface area contributed by atoms with Gasteiger partial charge in [0, 0.05) is 12.6 Å². The molecule has 0 fully saturated rings. The Morgan fingerprint density at radius 2 is 1.81 bits per heavy atom. The molecule has 0 aliphatic heterocycles. The van der Waals surface area contributed by atoms with Gasteiger partial charge in [0.05, 0.1) is 16.9 Å². The van der Waals surface area contributed by atoms with E-state index in [2.05, 4.69) is 26.6 Å². The number of anilines is 1. The van der Waals surface area contributed by atoms with Crippen LogP contribution in [0.15, 0.2) is 48.5 Å². The lowest BCUT2D eigenvalue weighted by molar-refractivity contribution is -0.131. The van der Waals surface area contributed by atoms with Crippen LogP contribution in [-0.2, 0) is 9.59 Å². The fraction of sp³-hybridized carbons (Fsp3) is 0.211. The van der Waals surface area contributed by atoms with E-state index in [1.807, 2.05) is 37.3 Å². The predicted octanol–water partition coefficient (Wildman–Crippen LogP) is 3.44. The number of amides is 2. The van der Waals surface area contributed by atoms with Gasteiger partial charge in [-0.05, 0) is 30.7 Å². The highest BCUT2D eigenvalue weighted by atomic mass is 79.9. The van der Waals surface area contributed by atoms with Gasteiger partial charge in [-0.1, -0.05) is 46.3 Å². The van der Waals surface area contributed by atoms with E-state index in [0.29, 0.717) is 5.69 Å². The molecule has 2 rings (SSSR count). The summed E-state index contributed by atoms with van der Waals surface area (Å²) in [5.74, 6) is -1.07. The first-order valence-corrected chi connectivity index (χ1v) is 9.07. The van der Waals surface area contributed by atoms with Crippen LogP contribution in [0.2, 0.25) is 0 Å². The lowest BCUT2D eigenvalue weighted by atomic mass is 10.1. The Morgan fingerprint density at radius 3 is 2.42 bits per heavy atom. The summed E-state index contributed by atoms with van der Waals surface area (Å²) < 4.78 is 5.12. The van der Waals surface area contributed by atoms with Crippen LogP contribution in [0.1, 0.15) is 35.8 Å². The van der Waals surface area contributed by atoms with Crippen molar-refractivity contribution in [2.75, 3.05) is 10.6 Å². The number of hydrogen-bond acceptors (Lipinski definition) is 4. The third-order valence-corrected chi connectivity index (χ3v) is 4.04. The molecule has 0 aliphatic carbocycles. The molecule has 1 atom stereocenters. The molecule has 26 heavy (non-hydrogen) atoms. The Hall–Kier alpha value is -2.67. The van der Waals surface area contributed by atoms with Crippen molar-refractivity contribution in [3.63, 3.8) is 0 Å². The van der Waals surface area contributed by atoms with Crippen LogP contribution in [-0.4, -0.2) is 23.1 Å². The summed E-state index contributed by atoms with van der Waals surface area (Å²) in [6.45, 7) is 3.12. The number of nitrogens with one attached hydrogen (secondary N) is 2. The normalized spacial score (nSPS) is 11.3. The first kappa shape index (κ1) is 19.7. The zero-order valence-corrected chi connectivity index (χ0v) is 16.0. The summed E-state index contributed by atoms with van der Waals surface area (Å²) in [4.78, 5) is 35.6. The third kappa shape index (κ3) is 5.42. The third-order valence-electron chi connectivity index (χ3n) is 3.53. The smallest absolute Gasteiger partial charge is 0.308 e. The van der Waals surface area contributed by atoms with Gasteiger partial charge in [0.2, 0.25) is 5.91 Å². The first-order chi connectivity index (χ1) is 12.4. The molecule has 7 heteroatoms. The van der Waals surface area contributed by atoms with Crippen molar-refractivity contribution in [3.8, 4) is 5.75 Å². The van der Waals surface area contributed by atoms with Gasteiger partial charge in [0.1, 0.15) is 5.75 Å². The average Bonchev–Trinajstić information content (AvgIpc) is 2.63. The van der Waals surface area contributed by atoms with Crippen LogP contribution in [0, 0.1) is 0 Å². The zero-order chi connectivity index (χ0) is 19.1. The second kappa shape index (κ2) is 9.15. The quantitative estimate of drug-likeness (QED) is 0.427. The SMILES string of the molecule is CC(=O)Oc1ccc(NC(=O)CBr)cc1C(=O)N[C@@H](C)c1ccccc1. The summed E-state index contributed by atoms with van der Waals surface area (Å²) in [6.07, 6.45) is 0. The Labute approximate surface area is 160 Å². The lowest BCUT2D eigenvalue weighted by Gasteiger charge is -2.16. The van der Waals surface area contributed by atoms with Gasteiger partial charge in [0.25, 0.3) is 5.91 Å². The van der Waals surface area contributed by atoms with Gasteiger partial charge in [0.15, 0.2) is 0 Å². The van der Waals surface area contributed by atoms with E-state index in [1.54, 1.807) is 6.07 Å². The lowest BCUT2D eigenvalue weighted by Crippen LogP contribution is -2.27. The molecule has 0 aliphatic rings. The maximum absolute atomic E-state index is 12.7. The Balaban J connectivity index is 2.27. The number of ether oxygens (including phenoxy) is 1. The number of hydrogen-bond donors (Lipinski definition) is 2. The number of alkyl halides is 1. The standard InChI is InChI=1S/C19H19BrN2O4/c1-12(14-6-4-3-5-7-14)21-19(25)16-10-15(22-18(24)11-20)8-9-17(16)26-13(2)23/h3-10,12H,11H2,1-2H3,(H,21,25)(H,22,24)/t12-/m0/s1. The molecule has 0 bridgehead atoms. The van der Waals surface area contributed by atoms with Gasteiger partial charge in [-0.15, -0.1) is 0 Å². The Kier molecular flexibility index (Phi) is 6.91. The predicted molar refractivity (Wildman–Crippen MR) is 102 cm³/mol. The van der Waals surface area contributed by atoms with Crippen LogP contribution in [0.25, 0.3) is 0 Å². The Bertz CT molecular complexity index is 808. The molecule has 6 nitrogen and oxygen atoms in total. The molecule has 2 N–H and O–H groups in total. The molecule has 0 radical (unpaired) electrons. The van der Waals surface area contributed by atoms with Crippen molar-refractivity contribution < 1.29 is 19.1 Å². The highest BCUT2D eigenvalue weighted by molar-refractivity contribution is 9.09. The van der Waals surface area contributed by atoms with Crippen LogP contribution in [0.3, 0.4) is 0 Å². The molecular formula is C19H19BrN2O4. The number of halogens is 1. The largest absolute Gasteiger partial charge is 0.426 e. The van der Waals surface area contributed by atoms with E-state index in [4.69, 9.17) is 4.74 Å². The molecule has 0 saturated carbocycles. The maximum Gasteiger partial charge on any atom is 0.308 e. The van der Waals surface area contributed by atoms with Gasteiger partial charge in [-0.3, -0.25) is 14.4 Å². The van der Waals surface area contributed by atoms with E-state index in [1.165, 1.54) is 19.1 Å². The van der Waals surface area contributed by atoms with Crippen LogP contribution >= 0.6 is 15.9 Å². The number of esters is 1. The summed E-state index contributed by atoms with van der Waals surface area (Å²) in [5, 5.41) is 5.64. The topological polar surface area (TPSA) is 84.5 Å². The summed E-state index contributed by atoms with van der Waals surface area (Å²) >= 11 is 3.06. The molecule has 0 unspecified atom stereocenters. The van der Waals surface area contributed by atoms with Crippen molar-refractivity contribution in [2.24, 2.45) is 0 Å². The van der Waals surface area contributed by atoms with Crippen LogP contribution in [0.5, 0.6) is 5.75 Å². The van der Waals surface area contributed by atoms with E-state index in [-0.39, 0.29) is 28.6 Å². The second-order valence-corrected chi connectivity index (χ2v) is 6.15. The summed E-state index contributed by atoms with van der Waals surface area (Å²) in [6, 6.07) is 13.8. The Morgan fingerprint density at radius 1 is 1.12 bits per heavy atom. The minimum absolute atomic E-state index is 0.130. The fourth-order valence-electron chi connectivity index (χ4n) is 2.32. The van der Waals surface area contributed by atoms with Crippen molar-refractivity contribution in [1.82, 2.24) is 5.32 Å². The number of benzene rings is 2. The highest BCUT2D eigenvalue weighted by Gasteiger charge is 2.18. The fourth-order valence-corrected chi connectivity index (χ4v) is 2.46. The van der Waals surface area contributed by atoms with Crippen molar-refractivity contribution in [1.29, 1.82) is 0 Å². The van der Waals surface area contributed by atoms with Crippen molar-refractivity contribution in [3.05, 3.63) is 59.7 Å². The van der Waals surface area contributed by atoms with E-state index >= 15 is 0 Å². The van der Waals surface area contributed by atoms with Gasteiger partial charge < -0.3 is 15.4 Å². The van der Waals surface area contributed by atoms with Gasteiger partial charge >= 0.3 is 5.97 Å². The number of rotatable bonds is 6. The van der Waals surface area contributed by atoms with Gasteiger partial charge in [-0.2, -0.15) is 0 Å². The molecule has 0 spiro atoms.